The molecular weight excluding hydrogens is 238 g/mol. The molecule has 0 bridgehead atoms. The summed E-state index contributed by atoms with van der Waals surface area (Å²) in [6, 6.07) is 8.04. The van der Waals surface area contributed by atoms with Gasteiger partial charge in [0.2, 0.25) is 0 Å². The maximum absolute atomic E-state index is 11.6. The molecule has 0 aliphatic heterocycles. The van der Waals surface area contributed by atoms with Crippen LogP contribution in [0.3, 0.4) is 0 Å². The fourth-order valence-corrected chi connectivity index (χ4v) is 2.18. The van der Waals surface area contributed by atoms with E-state index in [1.807, 2.05) is 31.2 Å². The number of carbonyl (C=O) groups is 1. The molecule has 1 atom stereocenters. The molecule has 0 radical (unpaired) electrons. The minimum absolute atomic E-state index is 0.237. The van der Waals surface area contributed by atoms with Crippen molar-refractivity contribution >= 4 is 11.7 Å². The fraction of sp³-hybridized carbons (Fsp3) is 0.562. The van der Waals surface area contributed by atoms with Crippen LogP contribution in [-0.2, 0) is 4.74 Å². The molecule has 0 heterocycles. The van der Waals surface area contributed by atoms with Gasteiger partial charge in [-0.15, -0.1) is 0 Å². The Kier molecular flexibility index (Phi) is 4.83. The lowest BCUT2D eigenvalue weighted by Gasteiger charge is -2.15. The van der Waals surface area contributed by atoms with Crippen LogP contribution in [0.4, 0.5) is 5.69 Å². The molecule has 0 amide bonds. The van der Waals surface area contributed by atoms with Crippen LogP contribution in [0, 0.1) is 5.92 Å². The minimum atomic E-state index is -0.237. The van der Waals surface area contributed by atoms with Crippen LogP contribution in [0.2, 0.25) is 0 Å². The van der Waals surface area contributed by atoms with E-state index in [4.69, 9.17) is 4.74 Å². The van der Waals surface area contributed by atoms with Crippen LogP contribution in [0.1, 0.15) is 49.9 Å². The molecule has 1 aromatic carbocycles. The van der Waals surface area contributed by atoms with Gasteiger partial charge in [-0.25, -0.2) is 4.79 Å². The van der Waals surface area contributed by atoms with Crippen LogP contribution >= 0.6 is 0 Å². The van der Waals surface area contributed by atoms with Gasteiger partial charge in [-0.1, -0.05) is 19.8 Å². The first kappa shape index (κ1) is 13.9. The van der Waals surface area contributed by atoms with Crippen molar-refractivity contribution in [2.45, 2.75) is 45.6 Å². The van der Waals surface area contributed by atoms with Gasteiger partial charge in [-0.05, 0) is 49.9 Å². The van der Waals surface area contributed by atoms with Crippen LogP contribution in [-0.4, -0.2) is 18.6 Å². The molecule has 1 saturated carbocycles. The number of rotatable bonds is 7. The number of carbonyl (C=O) groups excluding carboxylic acids is 1. The zero-order chi connectivity index (χ0) is 13.7. The summed E-state index contributed by atoms with van der Waals surface area (Å²) in [6.07, 6.45) is 4.85. The summed E-state index contributed by atoms with van der Waals surface area (Å²) in [6.45, 7) is 4.68. The summed E-state index contributed by atoms with van der Waals surface area (Å²) < 4.78 is 5.10. The first-order chi connectivity index (χ1) is 9.19. The first-order valence-corrected chi connectivity index (χ1v) is 7.22. The van der Waals surface area contributed by atoms with Crippen LogP contribution in [0.15, 0.2) is 24.3 Å². The second-order valence-corrected chi connectivity index (χ2v) is 5.44. The molecule has 1 aliphatic rings. The second kappa shape index (κ2) is 6.60. The zero-order valence-corrected chi connectivity index (χ0v) is 11.8. The van der Waals surface area contributed by atoms with Crippen LogP contribution in [0.25, 0.3) is 0 Å². The van der Waals surface area contributed by atoms with E-state index in [2.05, 4.69) is 12.2 Å². The van der Waals surface area contributed by atoms with Crippen molar-refractivity contribution in [3.8, 4) is 0 Å². The van der Waals surface area contributed by atoms with E-state index in [1.54, 1.807) is 0 Å². The highest BCUT2D eigenvalue weighted by atomic mass is 16.5. The van der Waals surface area contributed by atoms with E-state index in [1.165, 1.54) is 19.3 Å². The highest BCUT2D eigenvalue weighted by molar-refractivity contribution is 5.89. The van der Waals surface area contributed by atoms with Crippen molar-refractivity contribution in [2.24, 2.45) is 5.92 Å². The van der Waals surface area contributed by atoms with Crippen molar-refractivity contribution < 1.29 is 9.53 Å². The van der Waals surface area contributed by atoms with E-state index in [0.29, 0.717) is 18.2 Å². The molecule has 3 heteroatoms. The van der Waals surface area contributed by atoms with Gasteiger partial charge in [-0.3, -0.25) is 0 Å². The van der Waals surface area contributed by atoms with E-state index in [9.17, 15) is 4.79 Å². The van der Waals surface area contributed by atoms with Gasteiger partial charge >= 0.3 is 5.97 Å². The smallest absolute Gasteiger partial charge is 0.338 e. The summed E-state index contributed by atoms with van der Waals surface area (Å²) >= 11 is 0. The Bertz CT molecular complexity index is 409. The molecule has 3 nitrogen and oxygen atoms in total. The first-order valence-electron chi connectivity index (χ1n) is 7.22. The average molecular weight is 261 g/mol. The summed E-state index contributed by atoms with van der Waals surface area (Å²) in [5.74, 6) is 0.685. The lowest BCUT2D eigenvalue weighted by molar-refractivity contribution is 0.0505. The van der Waals surface area contributed by atoms with Crippen LogP contribution < -0.4 is 5.32 Å². The quantitative estimate of drug-likeness (QED) is 0.757. The highest BCUT2D eigenvalue weighted by Crippen LogP contribution is 2.34. The molecule has 0 aromatic heterocycles. The molecule has 2 rings (SSSR count). The largest absolute Gasteiger partial charge is 0.462 e. The predicted molar refractivity (Wildman–Crippen MR) is 77.4 cm³/mol. The van der Waals surface area contributed by atoms with Gasteiger partial charge in [0.1, 0.15) is 0 Å². The predicted octanol–water partition coefficient (Wildman–Crippen LogP) is 3.85. The molecule has 0 saturated heterocycles. The topological polar surface area (TPSA) is 38.3 Å². The van der Waals surface area contributed by atoms with Gasteiger partial charge in [0.05, 0.1) is 12.2 Å². The average Bonchev–Trinajstić information content (AvgIpc) is 3.20. The number of esters is 1. The summed E-state index contributed by atoms with van der Waals surface area (Å²) in [5, 5.41) is 3.47. The SMILES string of the molecule is CCCOC(=O)c1ccc(NC(C)CC2CC2)cc1. The molecule has 1 N–H and O–H groups in total. The standard InChI is InChI=1S/C16H23NO2/c1-3-10-19-16(18)14-6-8-15(9-7-14)17-12(2)11-13-4-5-13/h6-9,12-13,17H,3-5,10-11H2,1-2H3. The van der Waals surface area contributed by atoms with Gasteiger partial charge in [0.15, 0.2) is 0 Å². The van der Waals surface area contributed by atoms with E-state index < -0.39 is 0 Å². The number of anilines is 1. The maximum Gasteiger partial charge on any atom is 0.338 e. The zero-order valence-electron chi connectivity index (χ0n) is 11.8. The number of ether oxygens (including phenoxy) is 1. The fourth-order valence-electron chi connectivity index (χ4n) is 2.18. The van der Waals surface area contributed by atoms with Gasteiger partial charge < -0.3 is 10.1 Å². The summed E-state index contributed by atoms with van der Waals surface area (Å²) in [7, 11) is 0. The third-order valence-electron chi connectivity index (χ3n) is 3.35. The lowest BCUT2D eigenvalue weighted by atomic mass is 10.1. The second-order valence-electron chi connectivity index (χ2n) is 5.44. The van der Waals surface area contributed by atoms with Crippen LogP contribution in [0.5, 0.6) is 0 Å². The molecule has 19 heavy (non-hydrogen) atoms. The number of benzene rings is 1. The minimum Gasteiger partial charge on any atom is -0.462 e. The Morgan fingerprint density at radius 3 is 2.63 bits per heavy atom. The van der Waals surface area contributed by atoms with Crippen molar-refractivity contribution in [1.29, 1.82) is 0 Å². The number of hydrogen-bond acceptors (Lipinski definition) is 3. The molecular formula is C16H23NO2. The van der Waals surface area contributed by atoms with Crippen molar-refractivity contribution in [3.05, 3.63) is 29.8 Å². The molecule has 1 fully saturated rings. The third-order valence-corrected chi connectivity index (χ3v) is 3.35. The molecule has 1 aliphatic carbocycles. The maximum atomic E-state index is 11.6. The molecule has 104 valence electrons. The van der Waals surface area contributed by atoms with E-state index >= 15 is 0 Å². The van der Waals surface area contributed by atoms with Gasteiger partial charge in [0.25, 0.3) is 0 Å². The summed E-state index contributed by atoms with van der Waals surface area (Å²) in [4.78, 5) is 11.6. The Morgan fingerprint density at radius 2 is 2.05 bits per heavy atom. The monoisotopic (exact) mass is 261 g/mol. The Labute approximate surface area is 115 Å². The normalized spacial score (nSPS) is 15.9. The van der Waals surface area contributed by atoms with Crippen molar-refractivity contribution in [1.82, 2.24) is 0 Å². The van der Waals surface area contributed by atoms with E-state index in [-0.39, 0.29) is 5.97 Å². The Balaban J connectivity index is 1.84. The third kappa shape index (κ3) is 4.58. The number of hydrogen-bond donors (Lipinski definition) is 1. The lowest BCUT2D eigenvalue weighted by Crippen LogP contribution is -2.15. The van der Waals surface area contributed by atoms with E-state index in [0.717, 1.165) is 18.0 Å². The Morgan fingerprint density at radius 1 is 1.37 bits per heavy atom. The molecule has 1 unspecified atom stereocenters. The molecule has 1 aromatic rings. The van der Waals surface area contributed by atoms with Gasteiger partial charge in [0, 0.05) is 11.7 Å². The van der Waals surface area contributed by atoms with Gasteiger partial charge in [-0.2, -0.15) is 0 Å². The van der Waals surface area contributed by atoms with Crippen molar-refractivity contribution in [3.63, 3.8) is 0 Å². The van der Waals surface area contributed by atoms with Crippen molar-refractivity contribution in [2.75, 3.05) is 11.9 Å². The highest BCUT2D eigenvalue weighted by Gasteiger charge is 2.23. The molecule has 0 spiro atoms. The number of nitrogens with one attached hydrogen (secondary N) is 1. The summed E-state index contributed by atoms with van der Waals surface area (Å²) in [5.41, 5.74) is 1.69. The Hall–Kier alpha value is -1.51.